The molecular weight excluding hydrogens is 260 g/mol. The van der Waals surface area contributed by atoms with Gasteiger partial charge in [0.15, 0.2) is 0 Å². The molecule has 0 aliphatic rings. The van der Waals surface area contributed by atoms with Crippen molar-refractivity contribution < 1.29 is 4.74 Å². The smallest absolute Gasteiger partial charge is 0.0589 e. The van der Waals surface area contributed by atoms with Gasteiger partial charge in [0.2, 0.25) is 0 Å². The van der Waals surface area contributed by atoms with Crippen LogP contribution >= 0.6 is 0 Å². The Morgan fingerprint density at radius 2 is 1.76 bits per heavy atom. The Hall–Kier alpha value is -0.120. The van der Waals surface area contributed by atoms with Crippen molar-refractivity contribution in [2.75, 3.05) is 33.4 Å². The van der Waals surface area contributed by atoms with Crippen molar-refractivity contribution in [3.05, 3.63) is 0 Å². The van der Waals surface area contributed by atoms with E-state index < -0.39 is 0 Å². The van der Waals surface area contributed by atoms with Gasteiger partial charge in [-0.2, -0.15) is 0 Å². The van der Waals surface area contributed by atoms with E-state index >= 15 is 0 Å². The molecule has 128 valence electrons. The Kier molecular flexibility index (Phi) is 9.75. The lowest BCUT2D eigenvalue weighted by atomic mass is 9.83. The van der Waals surface area contributed by atoms with Crippen LogP contribution in [0.3, 0.4) is 0 Å². The summed E-state index contributed by atoms with van der Waals surface area (Å²) in [6.07, 6.45) is 3.69. The summed E-state index contributed by atoms with van der Waals surface area (Å²) in [4.78, 5) is 2.60. The van der Waals surface area contributed by atoms with Crippen LogP contribution in [-0.4, -0.2) is 49.8 Å². The van der Waals surface area contributed by atoms with E-state index in [-0.39, 0.29) is 5.54 Å². The van der Waals surface area contributed by atoms with Crippen molar-refractivity contribution in [2.24, 2.45) is 5.41 Å². The number of hydrogen-bond donors (Lipinski definition) is 1. The largest absolute Gasteiger partial charge is 0.383 e. The fraction of sp³-hybridized carbons (Fsp3) is 1.00. The predicted octanol–water partition coefficient (Wildman–Crippen LogP) is 3.93. The topological polar surface area (TPSA) is 24.5 Å². The van der Waals surface area contributed by atoms with Gasteiger partial charge in [0.05, 0.1) is 6.61 Å². The van der Waals surface area contributed by atoms with E-state index in [0.29, 0.717) is 11.5 Å². The van der Waals surface area contributed by atoms with Crippen LogP contribution < -0.4 is 5.32 Å². The maximum absolute atomic E-state index is 5.30. The molecule has 0 heterocycles. The quantitative estimate of drug-likeness (QED) is 0.626. The first kappa shape index (κ1) is 20.9. The second-order valence-electron chi connectivity index (χ2n) is 7.88. The van der Waals surface area contributed by atoms with Crippen molar-refractivity contribution >= 4 is 0 Å². The molecule has 0 radical (unpaired) electrons. The van der Waals surface area contributed by atoms with Gasteiger partial charge in [0.1, 0.15) is 0 Å². The number of methoxy groups -OCH3 is 1. The first-order valence-electron chi connectivity index (χ1n) is 8.65. The van der Waals surface area contributed by atoms with Crippen LogP contribution in [0.4, 0.5) is 0 Å². The van der Waals surface area contributed by atoms with Crippen molar-refractivity contribution in [1.82, 2.24) is 10.2 Å². The van der Waals surface area contributed by atoms with Crippen molar-refractivity contribution in [3.8, 4) is 0 Å². The molecule has 1 N–H and O–H groups in total. The summed E-state index contributed by atoms with van der Waals surface area (Å²) in [5.74, 6) is 0. The van der Waals surface area contributed by atoms with E-state index in [0.717, 1.165) is 26.2 Å². The summed E-state index contributed by atoms with van der Waals surface area (Å²) in [5, 5.41) is 3.71. The molecular formula is C18H40N2O. The van der Waals surface area contributed by atoms with E-state index in [1.807, 2.05) is 0 Å². The third-order valence-corrected chi connectivity index (χ3v) is 4.28. The van der Waals surface area contributed by atoms with Gasteiger partial charge in [-0.15, -0.1) is 0 Å². The van der Waals surface area contributed by atoms with Crippen molar-refractivity contribution in [3.63, 3.8) is 0 Å². The number of ether oxygens (including phenoxy) is 1. The lowest BCUT2D eigenvalue weighted by Crippen LogP contribution is -2.49. The fourth-order valence-electron chi connectivity index (χ4n) is 2.72. The molecule has 0 aromatic carbocycles. The van der Waals surface area contributed by atoms with E-state index in [4.69, 9.17) is 4.74 Å². The zero-order valence-corrected chi connectivity index (χ0v) is 15.9. The maximum atomic E-state index is 5.30. The van der Waals surface area contributed by atoms with Crippen LogP contribution in [-0.2, 0) is 4.74 Å². The van der Waals surface area contributed by atoms with E-state index in [9.17, 15) is 0 Å². The van der Waals surface area contributed by atoms with Crippen LogP contribution in [0.1, 0.15) is 67.7 Å². The standard InChI is InChI=1S/C18H40N2O/c1-9-11-18(7,14-19-17(4,5)6)15-20(12-13-21-8)16(3)10-2/h16,19H,9-15H2,1-8H3. The number of nitrogens with zero attached hydrogens (tertiary/aromatic N) is 1. The molecule has 0 fully saturated rings. The van der Waals surface area contributed by atoms with E-state index in [2.05, 4.69) is 58.7 Å². The Morgan fingerprint density at radius 3 is 2.19 bits per heavy atom. The molecule has 2 atom stereocenters. The molecule has 0 aromatic heterocycles. The number of rotatable bonds is 11. The molecule has 2 unspecified atom stereocenters. The average Bonchev–Trinajstić information content (AvgIpc) is 2.40. The molecule has 21 heavy (non-hydrogen) atoms. The summed E-state index contributed by atoms with van der Waals surface area (Å²) < 4.78 is 5.30. The second-order valence-corrected chi connectivity index (χ2v) is 7.88. The first-order chi connectivity index (χ1) is 9.67. The molecule has 0 aliphatic heterocycles. The maximum Gasteiger partial charge on any atom is 0.0589 e. The van der Waals surface area contributed by atoms with Gasteiger partial charge >= 0.3 is 0 Å². The lowest BCUT2D eigenvalue weighted by molar-refractivity contribution is 0.0760. The van der Waals surface area contributed by atoms with Gasteiger partial charge in [-0.1, -0.05) is 27.2 Å². The molecule has 0 saturated carbocycles. The zero-order chi connectivity index (χ0) is 16.5. The third kappa shape index (κ3) is 9.49. The summed E-state index contributed by atoms with van der Waals surface area (Å²) in [6.45, 7) is 20.1. The summed E-state index contributed by atoms with van der Waals surface area (Å²) in [7, 11) is 1.79. The fourth-order valence-corrected chi connectivity index (χ4v) is 2.72. The van der Waals surface area contributed by atoms with Crippen LogP contribution in [0.25, 0.3) is 0 Å². The normalized spacial score (nSPS) is 17.0. The van der Waals surface area contributed by atoms with Crippen LogP contribution in [0.15, 0.2) is 0 Å². The van der Waals surface area contributed by atoms with Gasteiger partial charge in [0.25, 0.3) is 0 Å². The monoisotopic (exact) mass is 300 g/mol. The van der Waals surface area contributed by atoms with E-state index in [1.165, 1.54) is 19.3 Å². The Bertz CT molecular complexity index is 262. The van der Waals surface area contributed by atoms with Crippen molar-refractivity contribution in [2.45, 2.75) is 79.3 Å². The van der Waals surface area contributed by atoms with E-state index in [1.54, 1.807) is 7.11 Å². The van der Waals surface area contributed by atoms with Gasteiger partial charge in [-0.3, -0.25) is 4.90 Å². The highest BCUT2D eigenvalue weighted by atomic mass is 16.5. The highest BCUT2D eigenvalue weighted by molar-refractivity contribution is 4.85. The van der Waals surface area contributed by atoms with Gasteiger partial charge in [0, 0.05) is 38.3 Å². The van der Waals surface area contributed by atoms with Crippen LogP contribution in [0, 0.1) is 5.41 Å². The number of hydrogen-bond acceptors (Lipinski definition) is 3. The molecule has 0 amide bonds. The zero-order valence-electron chi connectivity index (χ0n) is 15.9. The molecule has 3 nitrogen and oxygen atoms in total. The SMILES string of the molecule is CCCC(C)(CNC(C)(C)C)CN(CCOC)C(C)CC. The van der Waals surface area contributed by atoms with Crippen LogP contribution in [0.2, 0.25) is 0 Å². The molecule has 0 bridgehead atoms. The average molecular weight is 301 g/mol. The Labute approximate surface area is 133 Å². The molecule has 0 spiro atoms. The minimum atomic E-state index is 0.183. The lowest BCUT2D eigenvalue weighted by Gasteiger charge is -2.40. The summed E-state index contributed by atoms with van der Waals surface area (Å²) >= 11 is 0. The Balaban J connectivity index is 4.79. The Morgan fingerprint density at radius 1 is 1.14 bits per heavy atom. The predicted molar refractivity (Wildman–Crippen MR) is 94.0 cm³/mol. The first-order valence-corrected chi connectivity index (χ1v) is 8.65. The molecule has 0 aliphatic carbocycles. The second kappa shape index (κ2) is 9.81. The summed E-state index contributed by atoms with van der Waals surface area (Å²) in [6, 6.07) is 0.617. The van der Waals surface area contributed by atoms with Crippen LogP contribution in [0.5, 0.6) is 0 Å². The molecule has 0 saturated heterocycles. The molecule has 3 heteroatoms. The minimum absolute atomic E-state index is 0.183. The highest BCUT2D eigenvalue weighted by Gasteiger charge is 2.29. The summed E-state index contributed by atoms with van der Waals surface area (Å²) in [5.41, 5.74) is 0.502. The third-order valence-electron chi connectivity index (χ3n) is 4.28. The highest BCUT2D eigenvalue weighted by Crippen LogP contribution is 2.26. The van der Waals surface area contributed by atoms with Crippen molar-refractivity contribution in [1.29, 1.82) is 0 Å². The van der Waals surface area contributed by atoms with Gasteiger partial charge in [-0.25, -0.2) is 0 Å². The minimum Gasteiger partial charge on any atom is -0.383 e. The van der Waals surface area contributed by atoms with Gasteiger partial charge < -0.3 is 10.1 Å². The molecule has 0 rings (SSSR count). The molecule has 0 aromatic rings. The van der Waals surface area contributed by atoms with Gasteiger partial charge in [-0.05, 0) is 46.0 Å². The number of nitrogens with one attached hydrogen (secondary N) is 1.